The Hall–Kier alpha value is -2.82. The molecule has 0 spiro atoms. The zero-order valence-corrected chi connectivity index (χ0v) is 20.8. The second-order valence-corrected chi connectivity index (χ2v) is 11.1. The monoisotopic (exact) mass is 504 g/mol. The summed E-state index contributed by atoms with van der Waals surface area (Å²) in [6, 6.07) is 12.7. The number of nitrogens with one attached hydrogen (secondary N) is 2. The normalized spacial score (nSPS) is 15.7. The van der Waals surface area contributed by atoms with Gasteiger partial charge in [-0.1, -0.05) is 42.5 Å². The molecular formula is C25H32N2O7S. The third-order valence-corrected chi connectivity index (χ3v) is 6.88. The summed E-state index contributed by atoms with van der Waals surface area (Å²) >= 11 is 0. The summed E-state index contributed by atoms with van der Waals surface area (Å²) in [5.41, 5.74) is 1.02. The van der Waals surface area contributed by atoms with Crippen LogP contribution in [0.3, 0.4) is 0 Å². The Morgan fingerprint density at radius 3 is 2.49 bits per heavy atom. The molecule has 1 aliphatic heterocycles. The van der Waals surface area contributed by atoms with Gasteiger partial charge >= 0.3 is 0 Å². The van der Waals surface area contributed by atoms with Crippen LogP contribution in [-0.2, 0) is 40.1 Å². The van der Waals surface area contributed by atoms with Crippen molar-refractivity contribution in [2.24, 2.45) is 5.92 Å². The van der Waals surface area contributed by atoms with Gasteiger partial charge in [-0.05, 0) is 22.8 Å². The summed E-state index contributed by atoms with van der Waals surface area (Å²) < 4.78 is 34.0. The molecule has 0 bridgehead atoms. The molecule has 0 aliphatic carbocycles. The van der Waals surface area contributed by atoms with Crippen molar-refractivity contribution in [2.75, 3.05) is 38.9 Å². The van der Waals surface area contributed by atoms with E-state index in [4.69, 9.17) is 9.47 Å². The van der Waals surface area contributed by atoms with Gasteiger partial charge in [-0.3, -0.25) is 14.4 Å². The first kappa shape index (κ1) is 26.8. The van der Waals surface area contributed by atoms with Crippen molar-refractivity contribution in [3.63, 3.8) is 0 Å². The van der Waals surface area contributed by atoms with Gasteiger partial charge in [0.1, 0.15) is 15.9 Å². The predicted octanol–water partition coefficient (Wildman–Crippen LogP) is 1.04. The molecule has 0 saturated carbocycles. The molecule has 0 aromatic heterocycles. The van der Waals surface area contributed by atoms with Crippen LogP contribution in [0.4, 0.5) is 0 Å². The lowest BCUT2D eigenvalue weighted by atomic mass is 9.98. The smallest absolute Gasteiger partial charge is 0.225 e. The number of sulfone groups is 1. The van der Waals surface area contributed by atoms with E-state index in [1.54, 1.807) is 0 Å². The standard InChI is InChI=1S/C25H32N2O7S/c1-33-15-22(23(28)11-10-18-8-5-7-17-6-3-4-9-21(17)18)27-25(30)19(16-35(2,31)32)12-24(29)26-20-13-34-14-20/h3-9,19-20,22H,10-16H2,1-2H3,(H,26,29)(H,27,30)/t19-,22+/m1/s1. The quantitative estimate of drug-likeness (QED) is 0.417. The first-order valence-corrected chi connectivity index (χ1v) is 13.6. The lowest BCUT2D eigenvalue weighted by Gasteiger charge is -2.27. The number of rotatable bonds is 13. The maximum absolute atomic E-state index is 13.0. The highest BCUT2D eigenvalue weighted by Gasteiger charge is 2.31. The number of carbonyl (C=O) groups is 3. The Kier molecular flexibility index (Phi) is 9.36. The van der Waals surface area contributed by atoms with Crippen molar-refractivity contribution in [2.45, 2.75) is 31.3 Å². The topological polar surface area (TPSA) is 128 Å². The second kappa shape index (κ2) is 12.2. The largest absolute Gasteiger partial charge is 0.382 e. The fraction of sp³-hybridized carbons (Fsp3) is 0.480. The number of hydrogen-bond donors (Lipinski definition) is 2. The molecule has 35 heavy (non-hydrogen) atoms. The molecule has 1 fully saturated rings. The van der Waals surface area contributed by atoms with Gasteiger partial charge in [-0.2, -0.15) is 0 Å². The van der Waals surface area contributed by atoms with Crippen LogP contribution in [0.15, 0.2) is 42.5 Å². The molecule has 190 valence electrons. The molecule has 2 N–H and O–H groups in total. The summed E-state index contributed by atoms with van der Waals surface area (Å²) in [6.07, 6.45) is 1.35. The highest BCUT2D eigenvalue weighted by molar-refractivity contribution is 7.90. The summed E-state index contributed by atoms with van der Waals surface area (Å²) in [7, 11) is -2.14. The van der Waals surface area contributed by atoms with Gasteiger partial charge < -0.3 is 20.1 Å². The fourth-order valence-corrected chi connectivity index (χ4v) is 5.04. The van der Waals surface area contributed by atoms with E-state index in [0.29, 0.717) is 19.6 Å². The van der Waals surface area contributed by atoms with Crippen molar-refractivity contribution < 1.29 is 32.3 Å². The molecule has 1 aliphatic rings. The van der Waals surface area contributed by atoms with Crippen LogP contribution < -0.4 is 10.6 Å². The van der Waals surface area contributed by atoms with Crippen LogP contribution in [0.25, 0.3) is 10.8 Å². The van der Waals surface area contributed by atoms with Gasteiger partial charge in [0, 0.05) is 26.2 Å². The maximum atomic E-state index is 13.0. The predicted molar refractivity (Wildman–Crippen MR) is 132 cm³/mol. The van der Waals surface area contributed by atoms with Crippen LogP contribution in [0.1, 0.15) is 18.4 Å². The molecule has 0 unspecified atom stereocenters. The summed E-state index contributed by atoms with van der Waals surface area (Å²) in [6.45, 7) is 0.711. The van der Waals surface area contributed by atoms with Crippen LogP contribution in [0.2, 0.25) is 0 Å². The van der Waals surface area contributed by atoms with Crippen molar-refractivity contribution >= 4 is 38.2 Å². The molecule has 2 amide bonds. The second-order valence-electron chi connectivity index (χ2n) is 8.92. The Bertz CT molecular complexity index is 1160. The lowest BCUT2D eigenvalue weighted by Crippen LogP contribution is -2.51. The average Bonchev–Trinajstić information content (AvgIpc) is 2.78. The minimum absolute atomic E-state index is 0.0582. The number of aryl methyl sites for hydroxylation is 1. The van der Waals surface area contributed by atoms with E-state index in [0.717, 1.165) is 22.6 Å². The first-order valence-electron chi connectivity index (χ1n) is 11.5. The zero-order chi connectivity index (χ0) is 25.4. The zero-order valence-electron chi connectivity index (χ0n) is 20.0. The van der Waals surface area contributed by atoms with E-state index < -0.39 is 39.4 Å². The Labute approximate surface area is 205 Å². The van der Waals surface area contributed by atoms with E-state index in [9.17, 15) is 22.8 Å². The Morgan fingerprint density at radius 2 is 1.83 bits per heavy atom. The van der Waals surface area contributed by atoms with Gasteiger partial charge in [-0.15, -0.1) is 0 Å². The number of benzene rings is 2. The first-order chi connectivity index (χ1) is 16.7. The molecule has 0 radical (unpaired) electrons. The summed E-state index contributed by atoms with van der Waals surface area (Å²) in [5.74, 6) is -2.97. The number of Topliss-reactive ketones (excluding diaryl/α,β-unsaturated/α-hetero) is 1. The molecule has 2 aromatic rings. The van der Waals surface area contributed by atoms with E-state index in [1.807, 2.05) is 42.5 Å². The van der Waals surface area contributed by atoms with E-state index in [-0.39, 0.29) is 31.3 Å². The van der Waals surface area contributed by atoms with Crippen LogP contribution in [0.5, 0.6) is 0 Å². The fourth-order valence-electron chi connectivity index (χ4n) is 4.04. The molecular weight excluding hydrogens is 472 g/mol. The third kappa shape index (κ3) is 8.12. The van der Waals surface area contributed by atoms with Gasteiger partial charge in [0.2, 0.25) is 11.8 Å². The van der Waals surface area contributed by atoms with Gasteiger partial charge in [0.15, 0.2) is 5.78 Å². The molecule has 2 atom stereocenters. The minimum Gasteiger partial charge on any atom is -0.382 e. The summed E-state index contributed by atoms with van der Waals surface area (Å²) in [4.78, 5) is 38.3. The number of fused-ring (bicyclic) bond motifs is 1. The van der Waals surface area contributed by atoms with E-state index >= 15 is 0 Å². The SMILES string of the molecule is COC[C@H](NC(=O)[C@H](CC(=O)NC1COC1)CS(C)(=O)=O)C(=O)CCc1cccc2ccccc12. The maximum Gasteiger partial charge on any atom is 0.225 e. The molecule has 2 aromatic carbocycles. The van der Waals surface area contributed by atoms with Gasteiger partial charge in [0.05, 0.1) is 37.5 Å². The number of carbonyl (C=O) groups excluding carboxylic acids is 3. The highest BCUT2D eigenvalue weighted by Crippen LogP contribution is 2.20. The number of methoxy groups -OCH3 is 1. The molecule has 3 rings (SSSR count). The lowest BCUT2D eigenvalue weighted by molar-refractivity contribution is -0.134. The van der Waals surface area contributed by atoms with Crippen LogP contribution >= 0.6 is 0 Å². The molecule has 1 saturated heterocycles. The number of hydrogen-bond acceptors (Lipinski definition) is 7. The Morgan fingerprint density at radius 1 is 1.11 bits per heavy atom. The highest BCUT2D eigenvalue weighted by atomic mass is 32.2. The minimum atomic E-state index is -3.55. The van der Waals surface area contributed by atoms with Crippen molar-refractivity contribution in [1.29, 1.82) is 0 Å². The number of ether oxygens (including phenoxy) is 2. The van der Waals surface area contributed by atoms with Crippen LogP contribution in [0, 0.1) is 5.92 Å². The van der Waals surface area contributed by atoms with Gasteiger partial charge in [-0.25, -0.2) is 8.42 Å². The number of amides is 2. The van der Waals surface area contributed by atoms with E-state index in [1.165, 1.54) is 7.11 Å². The third-order valence-electron chi connectivity index (χ3n) is 5.87. The molecule has 9 nitrogen and oxygen atoms in total. The molecule has 1 heterocycles. The Balaban J connectivity index is 1.65. The summed E-state index contributed by atoms with van der Waals surface area (Å²) in [5, 5.41) is 7.47. The van der Waals surface area contributed by atoms with Gasteiger partial charge in [0.25, 0.3) is 0 Å². The average molecular weight is 505 g/mol. The van der Waals surface area contributed by atoms with E-state index in [2.05, 4.69) is 10.6 Å². The van der Waals surface area contributed by atoms with Crippen molar-refractivity contribution in [3.05, 3.63) is 48.0 Å². The molecule has 10 heteroatoms. The van der Waals surface area contributed by atoms with Crippen molar-refractivity contribution in [1.82, 2.24) is 10.6 Å². The van der Waals surface area contributed by atoms with Crippen molar-refractivity contribution in [3.8, 4) is 0 Å². The number of ketones is 1. The van der Waals surface area contributed by atoms with Crippen LogP contribution in [-0.4, -0.2) is 77.0 Å².